The third kappa shape index (κ3) is 10.7. The molecule has 2 nitrogen and oxygen atoms in total. The van der Waals surface area contributed by atoms with Gasteiger partial charge in [0, 0.05) is 6.42 Å². The first kappa shape index (κ1) is 12.4. The molecule has 3 N–H and O–H groups in total. The van der Waals surface area contributed by atoms with E-state index in [1.165, 1.54) is 19.3 Å². The molecule has 10 heavy (non-hydrogen) atoms. The Morgan fingerprint density at radius 1 is 1.30 bits per heavy atom. The molecule has 0 saturated carbocycles. The second kappa shape index (κ2) is 8.76. The van der Waals surface area contributed by atoms with Crippen LogP contribution in [0.2, 0.25) is 0 Å². The topological polar surface area (TPSA) is 49.9 Å². The Labute approximate surface area is 69.1 Å². The summed E-state index contributed by atoms with van der Waals surface area (Å²) >= 11 is 0. The fourth-order valence-electron chi connectivity index (χ4n) is 0.742. The first-order valence-electron chi connectivity index (χ1n) is 3.60. The summed E-state index contributed by atoms with van der Waals surface area (Å²) in [5.74, 6) is 0.325. The van der Waals surface area contributed by atoms with Gasteiger partial charge in [-0.15, -0.1) is 12.4 Å². The van der Waals surface area contributed by atoms with Crippen LogP contribution in [0.3, 0.4) is 0 Å². The van der Waals surface area contributed by atoms with Crippen LogP contribution in [0.4, 0.5) is 0 Å². The maximum absolute atomic E-state index is 6.91. The monoisotopic (exact) mass is 164 g/mol. The summed E-state index contributed by atoms with van der Waals surface area (Å²) in [6, 6.07) is 0. The lowest BCUT2D eigenvalue weighted by atomic mass is 10.1. The summed E-state index contributed by atoms with van der Waals surface area (Å²) in [5, 5.41) is 6.91. The zero-order chi connectivity index (χ0) is 7.11. The Morgan fingerprint density at radius 2 is 1.90 bits per heavy atom. The number of hydrogen-bond donors (Lipinski definition) is 2. The van der Waals surface area contributed by atoms with Gasteiger partial charge in [0.25, 0.3) is 0 Å². The number of unbranched alkanes of at least 4 members (excludes halogenated alkanes) is 3. The van der Waals surface area contributed by atoms with Crippen molar-refractivity contribution in [3.63, 3.8) is 0 Å². The summed E-state index contributed by atoms with van der Waals surface area (Å²) in [6.45, 7) is 2.17. The first-order valence-corrected chi connectivity index (χ1v) is 3.60. The molecule has 0 saturated heterocycles. The van der Waals surface area contributed by atoms with Gasteiger partial charge in [-0.1, -0.05) is 26.2 Å². The lowest BCUT2D eigenvalue weighted by Crippen LogP contribution is -2.08. The van der Waals surface area contributed by atoms with Crippen molar-refractivity contribution in [1.29, 1.82) is 5.41 Å². The standard InChI is InChI=1S/C7H16N2.ClH/c1-2-3-4-5-6-7(8)9;/h2-6H2,1H3,(H3,8,9);1H. The van der Waals surface area contributed by atoms with E-state index in [-0.39, 0.29) is 12.4 Å². The van der Waals surface area contributed by atoms with Crippen LogP contribution in [0.25, 0.3) is 0 Å². The smallest absolute Gasteiger partial charge is 0.0905 e. The fraction of sp³-hybridized carbons (Fsp3) is 0.857. The van der Waals surface area contributed by atoms with Crippen LogP contribution in [0.5, 0.6) is 0 Å². The largest absolute Gasteiger partial charge is 0.388 e. The quantitative estimate of drug-likeness (QED) is 0.366. The molecule has 0 aliphatic rings. The van der Waals surface area contributed by atoms with Crippen LogP contribution >= 0.6 is 12.4 Å². The van der Waals surface area contributed by atoms with Crippen molar-refractivity contribution in [2.24, 2.45) is 5.73 Å². The normalized spacial score (nSPS) is 8.50. The Kier molecular flexibility index (Phi) is 10.9. The van der Waals surface area contributed by atoms with Gasteiger partial charge < -0.3 is 5.73 Å². The highest BCUT2D eigenvalue weighted by Gasteiger charge is 1.88. The van der Waals surface area contributed by atoms with Crippen LogP contribution in [-0.4, -0.2) is 5.84 Å². The minimum Gasteiger partial charge on any atom is -0.388 e. The average Bonchev–Trinajstić information content (AvgIpc) is 1.80. The van der Waals surface area contributed by atoms with E-state index in [4.69, 9.17) is 11.1 Å². The molecule has 0 radical (unpaired) electrons. The SMILES string of the molecule is CCCCCCC(=N)N.Cl. The van der Waals surface area contributed by atoms with Crippen molar-refractivity contribution in [2.45, 2.75) is 39.0 Å². The third-order valence-electron chi connectivity index (χ3n) is 1.30. The maximum atomic E-state index is 6.91. The molecule has 62 valence electrons. The second-order valence-electron chi connectivity index (χ2n) is 2.34. The van der Waals surface area contributed by atoms with Crippen molar-refractivity contribution in [3.8, 4) is 0 Å². The molecule has 0 spiro atoms. The van der Waals surface area contributed by atoms with E-state index in [0.29, 0.717) is 5.84 Å². The molecule has 0 aromatic heterocycles. The van der Waals surface area contributed by atoms with Crippen LogP contribution in [0, 0.1) is 5.41 Å². The lowest BCUT2D eigenvalue weighted by Gasteiger charge is -1.95. The zero-order valence-corrected chi connectivity index (χ0v) is 7.34. The van der Waals surface area contributed by atoms with Gasteiger partial charge >= 0.3 is 0 Å². The van der Waals surface area contributed by atoms with E-state index in [9.17, 15) is 0 Å². The first-order chi connectivity index (χ1) is 4.27. The molecule has 0 heterocycles. The van der Waals surface area contributed by atoms with Crippen LogP contribution < -0.4 is 5.73 Å². The molecule has 0 bridgehead atoms. The van der Waals surface area contributed by atoms with Gasteiger partial charge in [0.15, 0.2) is 0 Å². The van der Waals surface area contributed by atoms with Gasteiger partial charge in [0.1, 0.15) is 0 Å². The van der Waals surface area contributed by atoms with E-state index in [1.54, 1.807) is 0 Å². The summed E-state index contributed by atoms with van der Waals surface area (Å²) < 4.78 is 0. The van der Waals surface area contributed by atoms with Crippen LogP contribution in [0.1, 0.15) is 39.0 Å². The molecule has 0 aliphatic heterocycles. The van der Waals surface area contributed by atoms with E-state index < -0.39 is 0 Å². The van der Waals surface area contributed by atoms with Gasteiger partial charge in [-0.25, -0.2) is 0 Å². The molecule has 3 heteroatoms. The predicted octanol–water partition coefficient (Wildman–Crippen LogP) is 2.31. The van der Waals surface area contributed by atoms with Gasteiger partial charge in [0.05, 0.1) is 5.84 Å². The highest BCUT2D eigenvalue weighted by molar-refractivity contribution is 5.85. The third-order valence-corrected chi connectivity index (χ3v) is 1.30. The summed E-state index contributed by atoms with van der Waals surface area (Å²) in [5.41, 5.74) is 5.16. The number of halogens is 1. The summed E-state index contributed by atoms with van der Waals surface area (Å²) in [6.07, 6.45) is 5.60. The van der Waals surface area contributed by atoms with Gasteiger partial charge in [-0.2, -0.15) is 0 Å². The molecule has 0 fully saturated rings. The summed E-state index contributed by atoms with van der Waals surface area (Å²) in [7, 11) is 0. The molecule has 0 amide bonds. The number of amidine groups is 1. The molecule has 0 aliphatic carbocycles. The Bertz CT molecular complexity index is 83.7. The molecule has 0 unspecified atom stereocenters. The fourth-order valence-corrected chi connectivity index (χ4v) is 0.742. The van der Waals surface area contributed by atoms with E-state index in [2.05, 4.69) is 6.92 Å². The lowest BCUT2D eigenvalue weighted by molar-refractivity contribution is 0.681. The van der Waals surface area contributed by atoms with Gasteiger partial charge in [-0.05, 0) is 6.42 Å². The average molecular weight is 165 g/mol. The highest BCUT2D eigenvalue weighted by atomic mass is 35.5. The van der Waals surface area contributed by atoms with Crippen LogP contribution in [-0.2, 0) is 0 Å². The van der Waals surface area contributed by atoms with Crippen molar-refractivity contribution in [2.75, 3.05) is 0 Å². The molecule has 0 aromatic carbocycles. The number of rotatable bonds is 5. The van der Waals surface area contributed by atoms with Crippen molar-refractivity contribution < 1.29 is 0 Å². The molecular weight excluding hydrogens is 148 g/mol. The minimum absolute atomic E-state index is 0. The second-order valence-corrected chi connectivity index (χ2v) is 2.34. The van der Waals surface area contributed by atoms with Gasteiger partial charge in [0.2, 0.25) is 0 Å². The Morgan fingerprint density at radius 3 is 2.30 bits per heavy atom. The molecule has 0 atom stereocenters. The number of nitrogens with one attached hydrogen (secondary N) is 1. The van der Waals surface area contributed by atoms with Crippen molar-refractivity contribution in [1.82, 2.24) is 0 Å². The molecular formula is C7H17ClN2. The van der Waals surface area contributed by atoms with Crippen molar-refractivity contribution >= 4 is 18.2 Å². The van der Waals surface area contributed by atoms with Crippen LogP contribution in [0.15, 0.2) is 0 Å². The van der Waals surface area contributed by atoms with Crippen molar-refractivity contribution in [3.05, 3.63) is 0 Å². The van der Waals surface area contributed by atoms with E-state index in [0.717, 1.165) is 12.8 Å². The van der Waals surface area contributed by atoms with E-state index >= 15 is 0 Å². The predicted molar refractivity (Wildman–Crippen MR) is 47.9 cm³/mol. The zero-order valence-electron chi connectivity index (χ0n) is 6.52. The Balaban J connectivity index is 0. The minimum atomic E-state index is 0. The highest BCUT2D eigenvalue weighted by Crippen LogP contribution is 2.00. The van der Waals surface area contributed by atoms with E-state index in [1.807, 2.05) is 0 Å². The summed E-state index contributed by atoms with van der Waals surface area (Å²) in [4.78, 5) is 0. The number of nitrogens with two attached hydrogens (primary N) is 1. The Hall–Kier alpha value is -0.240. The molecule has 0 aromatic rings. The molecule has 0 rings (SSSR count). The van der Waals surface area contributed by atoms with Gasteiger partial charge in [-0.3, -0.25) is 5.41 Å². The maximum Gasteiger partial charge on any atom is 0.0905 e. The number of hydrogen-bond acceptors (Lipinski definition) is 1.